The number of rotatable bonds is 2. The van der Waals surface area contributed by atoms with Crippen LogP contribution in [0.1, 0.15) is 5.76 Å². The SMILES string of the molecule is Cc1ccc(N(C)c2ccccc2N)o1. The predicted molar refractivity (Wildman–Crippen MR) is 62.4 cm³/mol. The third-order valence-corrected chi connectivity index (χ3v) is 2.35. The van der Waals surface area contributed by atoms with Crippen LogP contribution in [0.3, 0.4) is 0 Å². The molecule has 0 aliphatic rings. The molecule has 2 N–H and O–H groups in total. The molecule has 0 aliphatic heterocycles. The normalized spacial score (nSPS) is 10.3. The average molecular weight is 202 g/mol. The lowest BCUT2D eigenvalue weighted by atomic mass is 10.2. The maximum atomic E-state index is 5.88. The highest BCUT2D eigenvalue weighted by molar-refractivity contribution is 5.72. The smallest absolute Gasteiger partial charge is 0.199 e. The van der Waals surface area contributed by atoms with Crippen LogP contribution in [0.5, 0.6) is 0 Å². The molecule has 3 nitrogen and oxygen atoms in total. The van der Waals surface area contributed by atoms with Gasteiger partial charge in [0.2, 0.25) is 0 Å². The zero-order valence-corrected chi connectivity index (χ0v) is 8.90. The number of furan rings is 1. The number of aryl methyl sites for hydroxylation is 1. The quantitative estimate of drug-likeness (QED) is 0.761. The van der Waals surface area contributed by atoms with Gasteiger partial charge in [-0.05, 0) is 25.1 Å². The Balaban J connectivity index is 2.36. The molecular formula is C12H14N2O. The zero-order valence-electron chi connectivity index (χ0n) is 8.90. The van der Waals surface area contributed by atoms with Crippen LogP contribution < -0.4 is 10.6 Å². The Labute approximate surface area is 89.1 Å². The molecule has 0 atom stereocenters. The van der Waals surface area contributed by atoms with E-state index in [9.17, 15) is 0 Å². The first-order valence-electron chi connectivity index (χ1n) is 4.83. The topological polar surface area (TPSA) is 42.4 Å². The summed E-state index contributed by atoms with van der Waals surface area (Å²) in [5.74, 6) is 1.69. The summed E-state index contributed by atoms with van der Waals surface area (Å²) in [6, 6.07) is 11.6. The molecule has 0 amide bonds. The minimum Gasteiger partial charge on any atom is -0.446 e. The lowest BCUT2D eigenvalue weighted by Crippen LogP contribution is -2.10. The first-order chi connectivity index (χ1) is 7.18. The zero-order chi connectivity index (χ0) is 10.8. The number of nitrogens with zero attached hydrogens (tertiary/aromatic N) is 1. The maximum Gasteiger partial charge on any atom is 0.199 e. The Morgan fingerprint density at radius 2 is 1.87 bits per heavy atom. The van der Waals surface area contributed by atoms with Gasteiger partial charge in [0.1, 0.15) is 5.76 Å². The van der Waals surface area contributed by atoms with Crippen molar-refractivity contribution in [3.8, 4) is 0 Å². The number of nitrogens with two attached hydrogens (primary N) is 1. The van der Waals surface area contributed by atoms with Crippen LogP contribution in [-0.2, 0) is 0 Å². The summed E-state index contributed by atoms with van der Waals surface area (Å²) in [5.41, 5.74) is 7.58. The first kappa shape index (κ1) is 9.65. The number of benzene rings is 1. The molecule has 2 aromatic rings. The number of para-hydroxylation sites is 2. The molecule has 0 saturated heterocycles. The van der Waals surface area contributed by atoms with E-state index in [1.165, 1.54) is 0 Å². The summed E-state index contributed by atoms with van der Waals surface area (Å²) < 4.78 is 5.53. The number of nitrogen functional groups attached to an aromatic ring is 1. The van der Waals surface area contributed by atoms with Crippen LogP contribution in [0.25, 0.3) is 0 Å². The summed E-state index contributed by atoms with van der Waals surface area (Å²) in [6.45, 7) is 1.92. The van der Waals surface area contributed by atoms with Crippen molar-refractivity contribution < 1.29 is 4.42 Å². The van der Waals surface area contributed by atoms with Crippen LogP contribution in [0.15, 0.2) is 40.8 Å². The molecule has 78 valence electrons. The third-order valence-electron chi connectivity index (χ3n) is 2.35. The molecule has 1 aromatic heterocycles. The van der Waals surface area contributed by atoms with Gasteiger partial charge in [0.15, 0.2) is 5.88 Å². The first-order valence-corrected chi connectivity index (χ1v) is 4.83. The van der Waals surface area contributed by atoms with Gasteiger partial charge in [0.25, 0.3) is 0 Å². The molecule has 1 heterocycles. The van der Waals surface area contributed by atoms with Crippen molar-refractivity contribution >= 4 is 17.3 Å². The molecule has 1 aromatic carbocycles. The fourth-order valence-electron chi connectivity index (χ4n) is 1.51. The van der Waals surface area contributed by atoms with E-state index in [2.05, 4.69) is 0 Å². The Hall–Kier alpha value is -1.90. The molecule has 3 heteroatoms. The lowest BCUT2D eigenvalue weighted by molar-refractivity contribution is 0.538. The van der Waals surface area contributed by atoms with Crippen molar-refractivity contribution in [2.24, 2.45) is 0 Å². The summed E-state index contributed by atoms with van der Waals surface area (Å²) in [5, 5.41) is 0. The fraction of sp³-hybridized carbons (Fsp3) is 0.167. The average Bonchev–Trinajstić information content (AvgIpc) is 2.65. The summed E-state index contributed by atoms with van der Waals surface area (Å²) in [6.07, 6.45) is 0. The highest BCUT2D eigenvalue weighted by atomic mass is 16.4. The van der Waals surface area contributed by atoms with Gasteiger partial charge in [-0.2, -0.15) is 0 Å². The molecule has 15 heavy (non-hydrogen) atoms. The minimum atomic E-state index is 0.744. The molecule has 0 fully saturated rings. The highest BCUT2D eigenvalue weighted by Gasteiger charge is 2.09. The lowest BCUT2D eigenvalue weighted by Gasteiger charge is -2.17. The van der Waals surface area contributed by atoms with Crippen LogP contribution in [-0.4, -0.2) is 7.05 Å². The molecule has 0 bridgehead atoms. The van der Waals surface area contributed by atoms with Crippen LogP contribution in [0, 0.1) is 6.92 Å². The largest absolute Gasteiger partial charge is 0.446 e. The fourth-order valence-corrected chi connectivity index (χ4v) is 1.51. The van der Waals surface area contributed by atoms with E-state index >= 15 is 0 Å². The Morgan fingerprint density at radius 1 is 1.13 bits per heavy atom. The molecule has 0 spiro atoms. The van der Waals surface area contributed by atoms with Gasteiger partial charge >= 0.3 is 0 Å². The van der Waals surface area contributed by atoms with Gasteiger partial charge in [-0.15, -0.1) is 0 Å². The number of anilines is 3. The van der Waals surface area contributed by atoms with E-state index in [4.69, 9.17) is 10.2 Å². The number of hydrogen-bond acceptors (Lipinski definition) is 3. The van der Waals surface area contributed by atoms with Crippen molar-refractivity contribution in [1.82, 2.24) is 0 Å². The Kier molecular flexibility index (Phi) is 2.37. The van der Waals surface area contributed by atoms with Crippen molar-refractivity contribution in [2.45, 2.75) is 6.92 Å². The molecular weight excluding hydrogens is 188 g/mol. The summed E-state index contributed by atoms with van der Waals surface area (Å²) in [7, 11) is 1.93. The second-order valence-corrected chi connectivity index (χ2v) is 3.50. The summed E-state index contributed by atoms with van der Waals surface area (Å²) in [4.78, 5) is 1.93. The van der Waals surface area contributed by atoms with Gasteiger partial charge in [0, 0.05) is 13.1 Å². The molecule has 0 unspecified atom stereocenters. The monoisotopic (exact) mass is 202 g/mol. The third kappa shape index (κ3) is 1.81. The van der Waals surface area contributed by atoms with Gasteiger partial charge in [-0.1, -0.05) is 12.1 Å². The van der Waals surface area contributed by atoms with Crippen molar-refractivity contribution in [1.29, 1.82) is 0 Å². The van der Waals surface area contributed by atoms with Crippen molar-refractivity contribution in [3.05, 3.63) is 42.2 Å². The molecule has 0 saturated carbocycles. The predicted octanol–water partition coefficient (Wildman–Crippen LogP) is 2.94. The van der Waals surface area contributed by atoms with E-state index in [1.807, 2.05) is 55.3 Å². The summed E-state index contributed by atoms with van der Waals surface area (Å²) >= 11 is 0. The maximum absolute atomic E-state index is 5.88. The van der Waals surface area contributed by atoms with Gasteiger partial charge in [0.05, 0.1) is 11.4 Å². The van der Waals surface area contributed by atoms with E-state index in [1.54, 1.807) is 0 Å². The van der Waals surface area contributed by atoms with E-state index in [0.717, 1.165) is 23.0 Å². The van der Waals surface area contributed by atoms with E-state index in [-0.39, 0.29) is 0 Å². The highest BCUT2D eigenvalue weighted by Crippen LogP contribution is 2.29. The molecule has 0 radical (unpaired) electrons. The van der Waals surface area contributed by atoms with Crippen LogP contribution in [0.2, 0.25) is 0 Å². The Morgan fingerprint density at radius 3 is 2.47 bits per heavy atom. The standard InChI is InChI=1S/C12H14N2O/c1-9-7-8-12(15-9)14(2)11-6-4-3-5-10(11)13/h3-8H,13H2,1-2H3. The minimum absolute atomic E-state index is 0.744. The van der Waals surface area contributed by atoms with Crippen molar-refractivity contribution in [3.63, 3.8) is 0 Å². The van der Waals surface area contributed by atoms with Crippen LogP contribution in [0.4, 0.5) is 17.3 Å². The van der Waals surface area contributed by atoms with Gasteiger partial charge in [-0.3, -0.25) is 0 Å². The number of hydrogen-bond donors (Lipinski definition) is 1. The van der Waals surface area contributed by atoms with Crippen molar-refractivity contribution in [2.75, 3.05) is 17.7 Å². The Bertz CT molecular complexity index is 462. The molecule has 2 rings (SSSR count). The second-order valence-electron chi connectivity index (χ2n) is 3.50. The second kappa shape index (κ2) is 3.69. The van der Waals surface area contributed by atoms with E-state index in [0.29, 0.717) is 0 Å². The van der Waals surface area contributed by atoms with Crippen LogP contribution >= 0.6 is 0 Å². The van der Waals surface area contributed by atoms with Gasteiger partial charge in [-0.25, -0.2) is 0 Å². The molecule has 0 aliphatic carbocycles. The van der Waals surface area contributed by atoms with E-state index < -0.39 is 0 Å². The van der Waals surface area contributed by atoms with Gasteiger partial charge < -0.3 is 15.1 Å².